The molecule has 0 aromatic rings. The summed E-state index contributed by atoms with van der Waals surface area (Å²) < 4.78 is 86.0. The minimum absolute atomic E-state index is 0.0277. The highest BCUT2D eigenvalue weighted by Gasteiger charge is 2.51. The Hall–Kier alpha value is -6.00. The number of rotatable bonds is 11. The fraction of sp³-hybridized carbons (Fsp3) is 0.833. The highest BCUT2D eigenvalue weighted by Crippen LogP contribution is 2.44. The van der Waals surface area contributed by atoms with E-state index in [0.29, 0.717) is 25.7 Å². The van der Waals surface area contributed by atoms with Crippen molar-refractivity contribution < 1.29 is 83.8 Å². The van der Waals surface area contributed by atoms with E-state index in [-0.39, 0.29) is 109 Å². The molecular weight excluding hydrogens is 1290 g/mol. The van der Waals surface area contributed by atoms with E-state index in [4.69, 9.17) is 11.6 Å². The third-order valence-electron chi connectivity index (χ3n) is 20.7. The highest BCUT2D eigenvalue weighted by atomic mass is 35.5. The summed E-state index contributed by atoms with van der Waals surface area (Å²) in [5.41, 5.74) is -1.53. The molecule has 3 saturated carbocycles. The molecule has 96 heavy (non-hydrogen) atoms. The second-order valence-corrected chi connectivity index (χ2v) is 29.3. The number of alkyl halides is 7. The largest absolute Gasteiger partial charge is 0.522 e. The maximum atomic E-state index is 15.1. The summed E-state index contributed by atoms with van der Waals surface area (Å²) in [7, 11) is 9.65. The summed E-state index contributed by atoms with van der Waals surface area (Å²) in [4.78, 5) is 170. The number of ether oxygens (including phenoxy) is 1. The van der Waals surface area contributed by atoms with Crippen LogP contribution in [-0.4, -0.2) is 252 Å². The fourth-order valence-corrected chi connectivity index (χ4v) is 14.9. The molecule has 2 aliphatic heterocycles. The van der Waals surface area contributed by atoms with Crippen molar-refractivity contribution in [3.8, 4) is 0 Å². The number of fused-ring (bicyclic) bond motifs is 1. The zero-order chi connectivity index (χ0) is 72.2. The number of hydrogen-bond acceptors (Lipinski definition) is 12. The molecule has 3 N–H and O–H groups in total. The average Bonchev–Trinajstić information content (AvgIpc) is 1.47. The van der Waals surface area contributed by atoms with E-state index in [2.05, 4.69) is 20.7 Å². The molecule has 5 rings (SSSR count). The molecule has 0 aromatic heterocycles. The van der Waals surface area contributed by atoms with Crippen LogP contribution in [-0.2, 0) is 57.5 Å². The Balaban J connectivity index is 1.55. The minimum atomic E-state index is -4.89. The molecule has 3 aliphatic carbocycles. The Labute approximate surface area is 566 Å². The molecule has 11 amide bonds. The number of hydrogen-bond donors (Lipinski definition) is 3. The topological polar surface area (TPSA) is 259 Å². The van der Waals surface area contributed by atoms with Crippen LogP contribution >= 0.6 is 11.6 Å². The van der Waals surface area contributed by atoms with Gasteiger partial charge in [-0.15, -0.1) is 24.8 Å². The molecule has 546 valence electrons. The fourth-order valence-electron chi connectivity index (χ4n) is 14.4. The molecule has 11 atom stereocenters. The summed E-state index contributed by atoms with van der Waals surface area (Å²) in [6.45, 7) is 10.5. The van der Waals surface area contributed by atoms with Gasteiger partial charge in [0.25, 0.3) is 0 Å². The van der Waals surface area contributed by atoms with Gasteiger partial charge in [-0.1, -0.05) is 60.8 Å². The van der Waals surface area contributed by atoms with Gasteiger partial charge in [-0.25, -0.2) is 0 Å². The van der Waals surface area contributed by atoms with Gasteiger partial charge in [0, 0.05) is 73.7 Å². The summed E-state index contributed by atoms with van der Waals surface area (Å²) in [5.74, 6) is -11.2. The predicted molar refractivity (Wildman–Crippen MR) is 344 cm³/mol. The predicted octanol–water partition coefficient (Wildman–Crippen LogP) is 6.08. The maximum absolute atomic E-state index is 15.1. The zero-order valence-electron chi connectivity index (χ0n) is 58.5. The van der Waals surface area contributed by atoms with Crippen molar-refractivity contribution >= 4 is 76.6 Å². The van der Waals surface area contributed by atoms with Crippen molar-refractivity contribution in [2.75, 3.05) is 75.5 Å². The Morgan fingerprint density at radius 2 is 1.20 bits per heavy atom. The molecule has 1 spiro atoms. The maximum Gasteiger partial charge on any atom is 0.522 e. The van der Waals surface area contributed by atoms with Crippen molar-refractivity contribution in [2.24, 2.45) is 35.5 Å². The molecular formula is C66H106ClF6N11O12. The first-order valence-corrected chi connectivity index (χ1v) is 34.5. The number of amides is 11. The first-order valence-electron chi connectivity index (χ1n) is 34.1. The second kappa shape index (κ2) is 34.7. The summed E-state index contributed by atoms with van der Waals surface area (Å²) >= 11 is 6.35. The number of nitrogens with one attached hydrogen (secondary N) is 3. The number of halogens is 7. The van der Waals surface area contributed by atoms with Crippen molar-refractivity contribution in [3.63, 3.8) is 0 Å². The van der Waals surface area contributed by atoms with Gasteiger partial charge >= 0.3 is 12.5 Å². The van der Waals surface area contributed by atoms with Gasteiger partial charge in [0.15, 0.2) is 0 Å². The van der Waals surface area contributed by atoms with Crippen LogP contribution in [0.3, 0.4) is 0 Å². The summed E-state index contributed by atoms with van der Waals surface area (Å²) in [6, 6.07) is -8.16. The lowest BCUT2D eigenvalue weighted by atomic mass is 9.78. The lowest BCUT2D eigenvalue weighted by Crippen LogP contribution is -2.64. The SMILES string of the molecule is CC[C@H](C)[C@@H]1NC(=O)[C@H](CC(C)C)N(C)C(=O)C[C@@H](C)N(C)C(=O)[C@H](C(C)C)N(C)C(=O)C2(CCCC2)NC(=O)[C@@H]2CCCN2C(=O)[C@H](CCC2CCC(C(F)(F)F)C(Cl)C2)NC(=O)CN(C)C(=O)[C@H](CC2CCC(OC(F)(F)F)CC2)N(C)C(=O)CN(C)C(=O)CN(C)C1=O. The highest BCUT2D eigenvalue weighted by molar-refractivity contribution is 6.20. The van der Waals surface area contributed by atoms with Crippen LogP contribution in [0.1, 0.15) is 170 Å². The summed E-state index contributed by atoms with van der Waals surface area (Å²) in [5, 5.41) is 7.33. The van der Waals surface area contributed by atoms with Gasteiger partial charge in [0.05, 0.1) is 31.7 Å². The zero-order valence-corrected chi connectivity index (χ0v) is 59.3. The Bertz CT molecular complexity index is 2750. The third-order valence-corrected chi connectivity index (χ3v) is 21.2. The molecule has 0 radical (unpaired) electrons. The molecule has 3 unspecified atom stereocenters. The Kier molecular flexibility index (Phi) is 29.1. The molecule has 0 aromatic carbocycles. The molecule has 0 bridgehead atoms. The van der Waals surface area contributed by atoms with Crippen LogP contribution in [0.15, 0.2) is 0 Å². The third kappa shape index (κ3) is 21.3. The van der Waals surface area contributed by atoms with Crippen molar-refractivity contribution in [1.82, 2.24) is 55.1 Å². The number of carbonyl (C=O) groups excluding carboxylic acids is 11. The smallest absolute Gasteiger partial charge is 0.343 e. The van der Waals surface area contributed by atoms with Gasteiger partial charge in [-0.3, -0.25) is 57.5 Å². The molecule has 2 saturated heterocycles. The van der Waals surface area contributed by atoms with Crippen molar-refractivity contribution in [2.45, 2.75) is 242 Å². The standard InChI is InChI=1S/C66H106ClF6N11O12/c1-15-40(6)55-61(93)79(10)36-53(87)77(8)37-54(88)82(13)50(34-43-20-24-44(25-21-43)96-66(71,72)73)60(92)78(9)35-51(85)74-47(27-23-42-22-26-45(46(67)33-42)65(68,69)70)59(91)84-30-18-19-48(84)58(90)76-64(28-16-17-29-64)63(95)83(14)56(39(4)5)62(94)80(11)41(7)32-52(86)81(12)49(31-38(2)3)57(89)75-55/h38-50,55-56H,15-37H2,1-14H3,(H,74,85)(H,75,89)(H,76,90)/t40-,41+,42?,43?,44?,45?,46?,47-,48-,49-,50-,55-,56-/m0/s1. The number of carbonyl (C=O) groups is 11. The van der Waals surface area contributed by atoms with Gasteiger partial charge in [-0.2, -0.15) is 13.2 Å². The Morgan fingerprint density at radius 3 is 1.76 bits per heavy atom. The van der Waals surface area contributed by atoms with Gasteiger partial charge < -0.3 is 55.1 Å². The normalized spacial score (nSPS) is 30.4. The van der Waals surface area contributed by atoms with Gasteiger partial charge in [0.1, 0.15) is 41.8 Å². The summed E-state index contributed by atoms with van der Waals surface area (Å²) in [6.07, 6.45) is -8.44. The quantitative estimate of drug-likeness (QED) is 0.157. The van der Waals surface area contributed by atoms with Crippen LogP contribution in [0.2, 0.25) is 0 Å². The monoisotopic (exact) mass is 1390 g/mol. The van der Waals surface area contributed by atoms with E-state index in [1.165, 1.54) is 68.9 Å². The van der Waals surface area contributed by atoms with E-state index in [0.717, 1.165) is 19.6 Å². The molecule has 23 nitrogen and oxygen atoms in total. The van der Waals surface area contributed by atoms with E-state index in [1.807, 2.05) is 13.8 Å². The van der Waals surface area contributed by atoms with Crippen LogP contribution < -0.4 is 16.0 Å². The van der Waals surface area contributed by atoms with Crippen LogP contribution in [0.4, 0.5) is 26.3 Å². The van der Waals surface area contributed by atoms with E-state index >= 15 is 9.59 Å². The molecule has 5 fully saturated rings. The first kappa shape index (κ1) is 80.7. The van der Waals surface area contributed by atoms with E-state index in [1.54, 1.807) is 34.6 Å². The lowest BCUT2D eigenvalue weighted by Gasteiger charge is -2.41. The van der Waals surface area contributed by atoms with Gasteiger partial charge in [0.2, 0.25) is 65.0 Å². The van der Waals surface area contributed by atoms with Crippen molar-refractivity contribution in [1.29, 1.82) is 0 Å². The Morgan fingerprint density at radius 1 is 0.615 bits per heavy atom. The molecule has 30 heteroatoms. The van der Waals surface area contributed by atoms with Gasteiger partial charge in [-0.05, 0) is 133 Å². The lowest BCUT2D eigenvalue weighted by molar-refractivity contribution is -0.345. The first-order chi connectivity index (χ1) is 44.6. The van der Waals surface area contributed by atoms with Crippen LogP contribution in [0, 0.1) is 35.5 Å². The number of nitrogens with zero attached hydrogens (tertiary/aromatic N) is 8. The molecule has 2 heterocycles. The van der Waals surface area contributed by atoms with Crippen LogP contribution in [0.5, 0.6) is 0 Å². The molecule has 5 aliphatic rings. The minimum Gasteiger partial charge on any atom is -0.343 e. The van der Waals surface area contributed by atoms with E-state index in [9.17, 15) is 69.5 Å². The number of likely N-dealkylation sites (N-methyl/N-ethyl adjacent to an activating group) is 7. The van der Waals surface area contributed by atoms with E-state index < -0.39 is 186 Å². The van der Waals surface area contributed by atoms with Crippen molar-refractivity contribution in [3.05, 3.63) is 0 Å². The second-order valence-electron chi connectivity index (χ2n) is 28.7. The average molecular weight is 1400 g/mol. The van der Waals surface area contributed by atoms with Crippen LogP contribution in [0.25, 0.3) is 0 Å².